The van der Waals surface area contributed by atoms with Gasteiger partial charge in [0.05, 0.1) is 44.2 Å². The van der Waals surface area contributed by atoms with Crippen LogP contribution in [0.1, 0.15) is 48.5 Å². The second kappa shape index (κ2) is 33.9. The van der Waals surface area contributed by atoms with Gasteiger partial charge < -0.3 is 18.9 Å². The zero-order chi connectivity index (χ0) is 23.5. The Morgan fingerprint density at radius 2 is 0.897 bits per heavy atom. The van der Waals surface area contributed by atoms with E-state index in [0.29, 0.717) is 61.4 Å². The maximum Gasteiger partial charge on any atom is 0.0686 e. The molecule has 0 saturated heterocycles. The van der Waals surface area contributed by atoms with Crippen LogP contribution in [0.4, 0.5) is 0 Å². The van der Waals surface area contributed by atoms with Gasteiger partial charge in [-0.2, -0.15) is 0 Å². The van der Waals surface area contributed by atoms with E-state index in [1.54, 1.807) is 0 Å². The van der Waals surface area contributed by atoms with Crippen molar-refractivity contribution in [1.82, 2.24) is 0 Å². The van der Waals surface area contributed by atoms with E-state index in [2.05, 4.69) is 0 Å². The molecule has 0 aliphatic heterocycles. The molecule has 0 amide bonds. The predicted octanol–water partition coefficient (Wildman–Crippen LogP) is 6.82. The lowest BCUT2D eigenvalue weighted by atomic mass is 10.4. The quantitative estimate of drug-likeness (QED) is 0.196. The molecule has 2 atom stereocenters. The highest BCUT2D eigenvalue weighted by Gasteiger charge is 2.04. The topological polar surface area (TPSA) is 36.9 Å². The van der Waals surface area contributed by atoms with E-state index in [1.807, 2.05) is 48.5 Å². The molecule has 0 aliphatic carbocycles. The summed E-state index contributed by atoms with van der Waals surface area (Å²) in [5.74, 6) is 2.77. The Balaban J connectivity index is -0.000000145. The number of ether oxygens (including phenoxy) is 4. The smallest absolute Gasteiger partial charge is 0.0686 e. The number of hydrogen-bond acceptors (Lipinski definition) is 4. The van der Waals surface area contributed by atoms with Crippen molar-refractivity contribution in [3.63, 3.8) is 0 Å². The molecule has 0 radical (unpaired) electrons. The first-order valence-corrected chi connectivity index (χ1v) is 12.6. The molecule has 2 unspecified atom stereocenters. The Morgan fingerprint density at radius 1 is 0.552 bits per heavy atom. The zero-order valence-corrected chi connectivity index (χ0v) is 23.0. The maximum atomic E-state index is 5.48. The van der Waals surface area contributed by atoms with Crippen LogP contribution in [0.3, 0.4) is 0 Å². The molecule has 0 saturated carbocycles. The van der Waals surface area contributed by atoms with Crippen LogP contribution in [-0.4, -0.2) is 80.2 Å². The van der Waals surface area contributed by atoms with E-state index in [0.717, 1.165) is 6.61 Å². The van der Waals surface area contributed by atoms with Gasteiger partial charge in [0.2, 0.25) is 0 Å². The van der Waals surface area contributed by atoms with E-state index < -0.39 is 0 Å². The SMILES string of the molecule is CC(C)OC(C)C.CC(CCl)OC(C)CCl.CCOCCCl.ClCCOCCCl. The summed E-state index contributed by atoms with van der Waals surface area (Å²) < 4.78 is 20.3. The van der Waals surface area contributed by atoms with E-state index in [1.165, 1.54) is 0 Å². The summed E-state index contributed by atoms with van der Waals surface area (Å²) in [5, 5.41) is 0. The number of alkyl halides is 5. The van der Waals surface area contributed by atoms with Gasteiger partial charge in [0, 0.05) is 36.0 Å². The molecule has 0 aliphatic rings. The van der Waals surface area contributed by atoms with Crippen LogP contribution in [-0.2, 0) is 18.9 Å². The van der Waals surface area contributed by atoms with Gasteiger partial charge >= 0.3 is 0 Å². The van der Waals surface area contributed by atoms with Gasteiger partial charge in [-0.25, -0.2) is 0 Å². The van der Waals surface area contributed by atoms with Gasteiger partial charge in [-0.3, -0.25) is 0 Å². The second-order valence-electron chi connectivity index (χ2n) is 6.18. The Kier molecular flexibility index (Phi) is 44.0. The lowest BCUT2D eigenvalue weighted by molar-refractivity contribution is 0.0300. The molecule has 0 fully saturated rings. The molecule has 0 aromatic rings. The molecule has 182 valence electrons. The first-order valence-electron chi connectivity index (χ1n) is 9.92. The van der Waals surface area contributed by atoms with Crippen molar-refractivity contribution in [2.45, 2.75) is 72.9 Å². The fraction of sp³-hybridized carbons (Fsp3) is 1.00. The number of hydrogen-bond donors (Lipinski definition) is 0. The van der Waals surface area contributed by atoms with Crippen molar-refractivity contribution in [2.75, 3.05) is 55.8 Å². The van der Waals surface area contributed by atoms with E-state index in [-0.39, 0.29) is 12.2 Å². The Hall–Kier alpha value is 1.29. The number of rotatable bonds is 13. The highest BCUT2D eigenvalue weighted by atomic mass is 35.5. The molecule has 4 nitrogen and oxygen atoms in total. The normalized spacial score (nSPS) is 12.2. The molecule has 0 aromatic carbocycles. The van der Waals surface area contributed by atoms with Crippen molar-refractivity contribution >= 4 is 58.0 Å². The largest absolute Gasteiger partial charge is 0.381 e. The third kappa shape index (κ3) is 53.0. The number of halogens is 5. The van der Waals surface area contributed by atoms with Gasteiger partial charge in [0.1, 0.15) is 0 Å². The predicted molar refractivity (Wildman–Crippen MR) is 132 cm³/mol. The van der Waals surface area contributed by atoms with Crippen LogP contribution in [0.15, 0.2) is 0 Å². The Morgan fingerprint density at radius 3 is 1.07 bits per heavy atom. The molecule has 9 heteroatoms. The van der Waals surface area contributed by atoms with Crippen LogP contribution in [0.25, 0.3) is 0 Å². The fourth-order valence-electron chi connectivity index (χ4n) is 1.42. The van der Waals surface area contributed by atoms with Crippen molar-refractivity contribution in [3.05, 3.63) is 0 Å². The van der Waals surface area contributed by atoms with Crippen molar-refractivity contribution < 1.29 is 18.9 Å². The average Bonchev–Trinajstić information content (AvgIpc) is 2.67. The van der Waals surface area contributed by atoms with Crippen molar-refractivity contribution in [3.8, 4) is 0 Å². The molecule has 0 aromatic heterocycles. The standard InChI is InChI=1S/C6H12Cl2O.C6H14O.C4H8Cl2O.C4H9ClO/c1-5(3-7)9-6(2)4-8;1-5(2)7-6(3)4;5-1-3-7-4-2-6;1-2-6-4-3-5/h5-6H,3-4H2,1-2H3;5-6H,1-4H3;1-4H2;2-4H2,1H3. The summed E-state index contributed by atoms with van der Waals surface area (Å²) in [6.07, 6.45) is 0.973. The third-order valence-corrected chi connectivity index (χ3v) is 3.64. The summed E-state index contributed by atoms with van der Waals surface area (Å²) in [5.41, 5.74) is 0. The zero-order valence-electron chi connectivity index (χ0n) is 19.2. The van der Waals surface area contributed by atoms with Gasteiger partial charge in [0.25, 0.3) is 0 Å². The summed E-state index contributed by atoms with van der Waals surface area (Å²) >= 11 is 26.8. The first-order chi connectivity index (χ1) is 13.7. The Labute approximate surface area is 205 Å². The van der Waals surface area contributed by atoms with Crippen LogP contribution in [0.2, 0.25) is 0 Å². The first kappa shape index (κ1) is 37.6. The molecular formula is C20H43Cl5O4. The van der Waals surface area contributed by atoms with Gasteiger partial charge in [-0.1, -0.05) is 0 Å². The molecule has 0 N–H and O–H groups in total. The van der Waals surface area contributed by atoms with Crippen molar-refractivity contribution in [1.29, 1.82) is 0 Å². The maximum absolute atomic E-state index is 5.48. The minimum absolute atomic E-state index is 0.111. The van der Waals surface area contributed by atoms with E-state index in [9.17, 15) is 0 Å². The molecule has 0 heterocycles. The minimum Gasteiger partial charge on any atom is -0.381 e. The van der Waals surface area contributed by atoms with Gasteiger partial charge in [0.15, 0.2) is 0 Å². The van der Waals surface area contributed by atoms with Gasteiger partial charge in [-0.15, -0.1) is 58.0 Å². The van der Waals surface area contributed by atoms with Crippen LogP contribution in [0.5, 0.6) is 0 Å². The molecule has 29 heavy (non-hydrogen) atoms. The molecule has 0 rings (SSSR count). The highest BCUT2D eigenvalue weighted by Crippen LogP contribution is 2.00. The second-order valence-corrected chi connectivity index (χ2v) is 7.93. The van der Waals surface area contributed by atoms with Gasteiger partial charge in [-0.05, 0) is 48.5 Å². The van der Waals surface area contributed by atoms with Crippen LogP contribution in [0, 0.1) is 0 Å². The fourth-order valence-corrected chi connectivity index (χ4v) is 1.90. The van der Waals surface area contributed by atoms with E-state index in [4.69, 9.17) is 77.0 Å². The molecule has 0 spiro atoms. The lowest BCUT2D eigenvalue weighted by Gasteiger charge is -2.13. The van der Waals surface area contributed by atoms with Crippen molar-refractivity contribution in [2.24, 2.45) is 0 Å². The lowest BCUT2D eigenvalue weighted by Crippen LogP contribution is -2.19. The van der Waals surface area contributed by atoms with Crippen LogP contribution < -0.4 is 0 Å². The molecular weight excluding hydrogens is 481 g/mol. The monoisotopic (exact) mass is 522 g/mol. The summed E-state index contributed by atoms with van der Waals surface area (Å²) in [6, 6.07) is 0. The Bertz CT molecular complexity index is 241. The summed E-state index contributed by atoms with van der Waals surface area (Å²) in [7, 11) is 0. The van der Waals surface area contributed by atoms with E-state index >= 15 is 0 Å². The van der Waals surface area contributed by atoms with Crippen LogP contribution >= 0.6 is 58.0 Å². The average molecular weight is 525 g/mol. The minimum atomic E-state index is 0.111. The summed E-state index contributed by atoms with van der Waals surface area (Å²) in [4.78, 5) is 0. The third-order valence-electron chi connectivity index (χ3n) is 2.31. The summed E-state index contributed by atoms with van der Waals surface area (Å²) in [6.45, 7) is 16.6. The molecule has 0 bridgehead atoms. The highest BCUT2D eigenvalue weighted by molar-refractivity contribution is 6.19.